The van der Waals surface area contributed by atoms with Crippen molar-refractivity contribution in [3.63, 3.8) is 0 Å². The molecule has 5 heteroatoms. The molecule has 2 aromatic rings. The third-order valence-corrected chi connectivity index (χ3v) is 4.83. The number of para-hydroxylation sites is 1. The molecule has 1 fully saturated rings. The number of rotatable bonds is 4. The van der Waals surface area contributed by atoms with Gasteiger partial charge in [0.05, 0.1) is 5.69 Å². The molecule has 0 amide bonds. The third kappa shape index (κ3) is 2.70. The molecular weight excluding hydrogens is 272 g/mol. The molecule has 1 saturated carbocycles. The van der Waals surface area contributed by atoms with Crippen molar-refractivity contribution in [2.24, 2.45) is 5.41 Å². The number of halogens is 1. The highest BCUT2D eigenvalue weighted by Crippen LogP contribution is 2.39. The van der Waals surface area contributed by atoms with Gasteiger partial charge in [0.1, 0.15) is 0 Å². The van der Waals surface area contributed by atoms with E-state index < -0.39 is 0 Å². The molecule has 0 atom stereocenters. The predicted molar refractivity (Wildman–Crippen MR) is 79.1 cm³/mol. The number of tetrazole rings is 1. The van der Waals surface area contributed by atoms with Gasteiger partial charge in [-0.15, -0.1) is 16.7 Å². The Labute approximate surface area is 124 Å². The van der Waals surface area contributed by atoms with Crippen LogP contribution in [0, 0.1) is 5.41 Å². The third-order valence-electron chi connectivity index (χ3n) is 4.27. The van der Waals surface area contributed by atoms with E-state index in [2.05, 4.69) is 15.5 Å². The van der Waals surface area contributed by atoms with Gasteiger partial charge in [-0.05, 0) is 40.8 Å². The number of benzene rings is 1. The molecule has 0 saturated heterocycles. The summed E-state index contributed by atoms with van der Waals surface area (Å²) in [7, 11) is 0. The SMILES string of the molecule is ClCC1(Cc2nnnn2-c2ccccc2)CCCCC1. The standard InChI is InChI=1S/C15H19ClN4/c16-12-15(9-5-2-6-10-15)11-14-17-18-19-20(14)13-7-3-1-4-8-13/h1,3-4,7-8H,2,5-6,9-12H2. The largest absolute Gasteiger partial charge is 0.197 e. The molecule has 20 heavy (non-hydrogen) atoms. The van der Waals surface area contributed by atoms with Crippen LogP contribution in [0.25, 0.3) is 5.69 Å². The van der Waals surface area contributed by atoms with Crippen LogP contribution in [0.3, 0.4) is 0 Å². The van der Waals surface area contributed by atoms with Crippen LogP contribution in [-0.2, 0) is 6.42 Å². The van der Waals surface area contributed by atoms with E-state index in [0.717, 1.165) is 17.9 Å². The maximum absolute atomic E-state index is 6.27. The van der Waals surface area contributed by atoms with E-state index in [0.29, 0.717) is 5.88 Å². The lowest BCUT2D eigenvalue weighted by Crippen LogP contribution is -2.30. The summed E-state index contributed by atoms with van der Waals surface area (Å²) in [5, 5.41) is 12.2. The summed E-state index contributed by atoms with van der Waals surface area (Å²) in [6.07, 6.45) is 7.07. The number of hydrogen-bond donors (Lipinski definition) is 0. The topological polar surface area (TPSA) is 43.6 Å². The molecular formula is C15H19ClN4. The van der Waals surface area contributed by atoms with E-state index in [1.54, 1.807) is 0 Å². The van der Waals surface area contributed by atoms with Crippen molar-refractivity contribution in [1.82, 2.24) is 20.2 Å². The summed E-state index contributed by atoms with van der Waals surface area (Å²) in [6, 6.07) is 10.0. The molecule has 4 nitrogen and oxygen atoms in total. The molecule has 1 aliphatic carbocycles. The summed E-state index contributed by atoms with van der Waals surface area (Å²) in [6.45, 7) is 0. The van der Waals surface area contributed by atoms with Gasteiger partial charge in [-0.1, -0.05) is 37.5 Å². The summed E-state index contributed by atoms with van der Waals surface area (Å²) in [5.41, 5.74) is 1.18. The van der Waals surface area contributed by atoms with Crippen LogP contribution >= 0.6 is 11.6 Å². The van der Waals surface area contributed by atoms with E-state index in [1.807, 2.05) is 35.0 Å². The van der Waals surface area contributed by atoms with Crippen LogP contribution in [0.4, 0.5) is 0 Å². The van der Waals surface area contributed by atoms with Crippen molar-refractivity contribution < 1.29 is 0 Å². The summed E-state index contributed by atoms with van der Waals surface area (Å²) < 4.78 is 1.84. The van der Waals surface area contributed by atoms with Crippen LogP contribution in [0.15, 0.2) is 30.3 Å². The van der Waals surface area contributed by atoms with Crippen molar-refractivity contribution >= 4 is 11.6 Å². The van der Waals surface area contributed by atoms with Crippen LogP contribution in [0.2, 0.25) is 0 Å². The Kier molecular flexibility index (Phi) is 4.01. The van der Waals surface area contributed by atoms with Crippen molar-refractivity contribution in [3.8, 4) is 5.69 Å². The molecule has 1 heterocycles. The molecule has 0 unspecified atom stereocenters. The average Bonchev–Trinajstić information content (AvgIpc) is 2.97. The lowest BCUT2D eigenvalue weighted by atomic mass is 9.73. The maximum atomic E-state index is 6.27. The van der Waals surface area contributed by atoms with Gasteiger partial charge >= 0.3 is 0 Å². The maximum Gasteiger partial charge on any atom is 0.157 e. The highest BCUT2D eigenvalue weighted by molar-refractivity contribution is 6.18. The molecule has 0 aliphatic heterocycles. The highest BCUT2D eigenvalue weighted by Gasteiger charge is 2.33. The first kappa shape index (κ1) is 13.6. The normalized spacial score (nSPS) is 18.1. The van der Waals surface area contributed by atoms with Gasteiger partial charge in [-0.25, -0.2) is 0 Å². The van der Waals surface area contributed by atoms with Gasteiger partial charge in [-0.2, -0.15) is 4.68 Å². The van der Waals surface area contributed by atoms with E-state index >= 15 is 0 Å². The summed E-state index contributed by atoms with van der Waals surface area (Å²) in [5.74, 6) is 1.60. The van der Waals surface area contributed by atoms with Crippen LogP contribution < -0.4 is 0 Å². The number of alkyl halides is 1. The Morgan fingerprint density at radius 3 is 2.55 bits per heavy atom. The van der Waals surface area contributed by atoms with Crippen LogP contribution in [-0.4, -0.2) is 26.1 Å². The first-order chi connectivity index (χ1) is 9.83. The second kappa shape index (κ2) is 5.92. The fraction of sp³-hybridized carbons (Fsp3) is 0.533. The Morgan fingerprint density at radius 2 is 1.85 bits per heavy atom. The second-order valence-corrected chi connectivity index (χ2v) is 5.98. The van der Waals surface area contributed by atoms with Gasteiger partial charge in [0.15, 0.2) is 5.82 Å². The van der Waals surface area contributed by atoms with Gasteiger partial charge in [-0.3, -0.25) is 0 Å². The van der Waals surface area contributed by atoms with Crippen molar-refractivity contribution in [3.05, 3.63) is 36.2 Å². The molecule has 106 valence electrons. The highest BCUT2D eigenvalue weighted by atomic mass is 35.5. The number of hydrogen-bond acceptors (Lipinski definition) is 3. The van der Waals surface area contributed by atoms with E-state index in [-0.39, 0.29) is 5.41 Å². The molecule has 0 bridgehead atoms. The molecule has 3 rings (SSSR count). The minimum Gasteiger partial charge on any atom is -0.197 e. The summed E-state index contributed by atoms with van der Waals surface area (Å²) >= 11 is 6.27. The van der Waals surface area contributed by atoms with Crippen molar-refractivity contribution in [2.75, 3.05) is 5.88 Å². The Bertz CT molecular complexity index is 546. The zero-order chi connectivity index (χ0) is 13.8. The lowest BCUT2D eigenvalue weighted by molar-refractivity contribution is 0.214. The Morgan fingerprint density at radius 1 is 1.10 bits per heavy atom. The Balaban J connectivity index is 1.86. The Hall–Kier alpha value is -1.42. The molecule has 1 aromatic carbocycles. The first-order valence-electron chi connectivity index (χ1n) is 7.22. The van der Waals surface area contributed by atoms with Gasteiger partial charge in [0, 0.05) is 12.3 Å². The van der Waals surface area contributed by atoms with Gasteiger partial charge in [0.25, 0.3) is 0 Å². The average molecular weight is 291 g/mol. The molecule has 0 spiro atoms. The van der Waals surface area contributed by atoms with Crippen LogP contribution in [0.5, 0.6) is 0 Å². The van der Waals surface area contributed by atoms with E-state index in [1.165, 1.54) is 32.1 Å². The number of nitrogens with zero attached hydrogens (tertiary/aromatic N) is 4. The molecule has 1 aliphatic rings. The minimum absolute atomic E-state index is 0.168. The van der Waals surface area contributed by atoms with Crippen LogP contribution in [0.1, 0.15) is 37.9 Å². The zero-order valence-corrected chi connectivity index (χ0v) is 12.3. The molecule has 1 aromatic heterocycles. The van der Waals surface area contributed by atoms with E-state index in [4.69, 9.17) is 11.6 Å². The smallest absolute Gasteiger partial charge is 0.157 e. The minimum atomic E-state index is 0.168. The van der Waals surface area contributed by atoms with Crippen molar-refractivity contribution in [1.29, 1.82) is 0 Å². The summed E-state index contributed by atoms with van der Waals surface area (Å²) in [4.78, 5) is 0. The zero-order valence-electron chi connectivity index (χ0n) is 11.5. The van der Waals surface area contributed by atoms with E-state index in [9.17, 15) is 0 Å². The lowest BCUT2D eigenvalue weighted by Gasteiger charge is -2.35. The predicted octanol–water partition coefficient (Wildman–Crippen LogP) is 3.39. The monoisotopic (exact) mass is 290 g/mol. The first-order valence-corrected chi connectivity index (χ1v) is 7.75. The molecule has 0 N–H and O–H groups in total. The van der Waals surface area contributed by atoms with Gasteiger partial charge < -0.3 is 0 Å². The fourth-order valence-electron chi connectivity index (χ4n) is 3.08. The van der Waals surface area contributed by atoms with Gasteiger partial charge in [0.2, 0.25) is 0 Å². The molecule has 0 radical (unpaired) electrons. The fourth-order valence-corrected chi connectivity index (χ4v) is 3.44. The quantitative estimate of drug-likeness (QED) is 0.811. The second-order valence-electron chi connectivity index (χ2n) is 5.71. The van der Waals surface area contributed by atoms with Crippen molar-refractivity contribution in [2.45, 2.75) is 38.5 Å². The number of aromatic nitrogens is 4.